The Labute approximate surface area is 267 Å². The highest BCUT2D eigenvalue weighted by Crippen LogP contribution is 2.34. The van der Waals surface area contributed by atoms with Crippen LogP contribution in [0.3, 0.4) is 0 Å². The van der Waals surface area contributed by atoms with Crippen molar-refractivity contribution in [1.29, 1.82) is 0 Å². The minimum atomic E-state index is -4.46. The van der Waals surface area contributed by atoms with Gasteiger partial charge < -0.3 is 4.90 Å². The quantitative estimate of drug-likeness (QED) is 0.144. The number of aryl methyl sites for hydroxylation is 2. The largest absolute Gasteiger partial charge is 0.367 e. The van der Waals surface area contributed by atoms with Crippen molar-refractivity contribution >= 4 is 27.1 Å². The van der Waals surface area contributed by atoms with E-state index in [2.05, 4.69) is 110 Å². The molecule has 0 atom stereocenters. The molecule has 0 bridgehead atoms. The van der Waals surface area contributed by atoms with Gasteiger partial charge >= 0.3 is 0 Å². The molecule has 0 heterocycles. The Balaban J connectivity index is 1.55. The second kappa shape index (κ2) is 14.1. The molecule has 0 aromatic heterocycles. The third kappa shape index (κ3) is 7.77. The van der Waals surface area contributed by atoms with Crippen LogP contribution in [0.4, 0.5) is 5.69 Å². The van der Waals surface area contributed by atoms with Crippen LogP contribution in [-0.2, 0) is 23.2 Å². The van der Waals surface area contributed by atoms with Crippen LogP contribution in [0.15, 0.2) is 132 Å². The van der Waals surface area contributed by atoms with Gasteiger partial charge in [0, 0.05) is 42.1 Å². The number of benzene rings is 4. The fourth-order valence-electron chi connectivity index (χ4n) is 5.89. The lowest BCUT2D eigenvalue weighted by molar-refractivity contribution is -0.539. The maximum Gasteiger partial charge on any atom is 0.295 e. The minimum Gasteiger partial charge on any atom is -0.367 e. The van der Waals surface area contributed by atoms with Crippen molar-refractivity contribution < 1.29 is 17.5 Å². The van der Waals surface area contributed by atoms with Gasteiger partial charge in [-0.05, 0) is 86.4 Å². The maximum atomic E-state index is 12.5. The van der Waals surface area contributed by atoms with E-state index in [4.69, 9.17) is 0 Å². The summed E-state index contributed by atoms with van der Waals surface area (Å²) in [5.74, 6) is 0. The van der Waals surface area contributed by atoms with Gasteiger partial charge in [-0.1, -0.05) is 83.9 Å². The van der Waals surface area contributed by atoms with Gasteiger partial charge in [0.05, 0.1) is 0 Å². The zero-order valence-electron chi connectivity index (χ0n) is 26.4. The van der Waals surface area contributed by atoms with Crippen molar-refractivity contribution in [1.82, 2.24) is 0 Å². The van der Waals surface area contributed by atoms with E-state index in [-0.39, 0.29) is 4.90 Å². The number of rotatable bonds is 10. The van der Waals surface area contributed by atoms with Crippen LogP contribution in [0.2, 0.25) is 0 Å². The lowest BCUT2D eigenvalue weighted by Crippen LogP contribution is -2.22. The third-order valence-corrected chi connectivity index (χ3v) is 9.06. The summed E-state index contributed by atoms with van der Waals surface area (Å²) in [6.45, 7) is 11.8. The van der Waals surface area contributed by atoms with Crippen LogP contribution in [0.25, 0.3) is 5.57 Å². The highest BCUT2D eigenvalue weighted by atomic mass is 32.2. The van der Waals surface area contributed by atoms with Crippen molar-refractivity contribution in [3.05, 3.63) is 160 Å². The standard InChI is InChI=1S/C39H40N2O3S/c1-5-40(27-31-13-9-11-29(3)25-31)35-21-17-33(18-22-35)39(37-15-7-8-16-38(37)45(42,43)44)34-19-23-36(24-20-34)41(6-2)28-32-14-10-12-30(4)26-32/h7-26H,5-6,27-28H2,1-4H3/p+1. The summed E-state index contributed by atoms with van der Waals surface area (Å²) in [4.78, 5) is 2.20. The number of nitrogens with zero attached hydrogens (tertiary/aromatic N) is 2. The lowest BCUT2D eigenvalue weighted by Gasteiger charge is -2.24. The molecule has 0 spiro atoms. The van der Waals surface area contributed by atoms with E-state index in [1.54, 1.807) is 18.2 Å². The van der Waals surface area contributed by atoms with Gasteiger partial charge in [-0.25, -0.2) is 4.58 Å². The molecule has 4 aromatic carbocycles. The molecule has 1 N–H and O–H groups in total. The van der Waals surface area contributed by atoms with Gasteiger partial charge in [-0.2, -0.15) is 8.42 Å². The average molecular weight is 618 g/mol. The Morgan fingerprint density at radius 3 is 1.98 bits per heavy atom. The van der Waals surface area contributed by atoms with Crippen LogP contribution < -0.4 is 4.90 Å². The van der Waals surface area contributed by atoms with Gasteiger partial charge in [0.1, 0.15) is 11.4 Å². The van der Waals surface area contributed by atoms with E-state index < -0.39 is 10.1 Å². The molecular formula is C39H41N2O3S+. The third-order valence-electron chi connectivity index (χ3n) is 8.15. The Morgan fingerprint density at radius 1 is 0.756 bits per heavy atom. The van der Waals surface area contributed by atoms with Crippen molar-refractivity contribution in [3.63, 3.8) is 0 Å². The monoisotopic (exact) mass is 617 g/mol. The minimum absolute atomic E-state index is 0.114. The molecule has 45 heavy (non-hydrogen) atoms. The SMILES string of the molecule is CCN(Cc1cccc(C)c1)c1ccc(C(=C2C=CC(=[N+](CC)Cc3cccc(C)c3)C=C2)c2ccccc2S(=O)(=O)O)cc1. The fraction of sp³-hybridized carbons (Fsp3) is 0.205. The van der Waals surface area contributed by atoms with Crippen molar-refractivity contribution in [3.8, 4) is 0 Å². The lowest BCUT2D eigenvalue weighted by atomic mass is 9.90. The van der Waals surface area contributed by atoms with Crippen molar-refractivity contribution in [2.45, 2.75) is 45.7 Å². The predicted octanol–water partition coefficient (Wildman–Crippen LogP) is 8.18. The Bertz CT molecular complexity index is 1900. The summed E-state index contributed by atoms with van der Waals surface area (Å²) in [6, 6.07) is 32.0. The first-order valence-electron chi connectivity index (χ1n) is 15.4. The number of allylic oxidation sites excluding steroid dienone is 5. The van der Waals surface area contributed by atoms with E-state index in [0.29, 0.717) is 5.56 Å². The molecular weight excluding hydrogens is 577 g/mol. The molecule has 4 aromatic rings. The highest BCUT2D eigenvalue weighted by Gasteiger charge is 2.22. The van der Waals surface area contributed by atoms with Gasteiger partial charge in [-0.3, -0.25) is 4.55 Å². The maximum absolute atomic E-state index is 12.5. The molecule has 0 unspecified atom stereocenters. The molecule has 1 aliphatic carbocycles. The summed E-state index contributed by atoms with van der Waals surface area (Å²) in [7, 11) is -4.46. The average Bonchev–Trinajstić information content (AvgIpc) is 3.03. The fourth-order valence-corrected chi connectivity index (χ4v) is 6.59. The van der Waals surface area contributed by atoms with Gasteiger partial charge in [0.15, 0.2) is 12.3 Å². The second-order valence-electron chi connectivity index (χ2n) is 11.4. The molecule has 5 nitrogen and oxygen atoms in total. The van der Waals surface area contributed by atoms with E-state index in [1.165, 1.54) is 28.3 Å². The molecule has 0 saturated heterocycles. The Kier molecular flexibility index (Phi) is 9.96. The molecule has 0 fully saturated rings. The predicted molar refractivity (Wildman–Crippen MR) is 186 cm³/mol. The van der Waals surface area contributed by atoms with Crippen LogP contribution in [0.1, 0.15) is 47.2 Å². The number of hydrogen-bond acceptors (Lipinski definition) is 3. The van der Waals surface area contributed by atoms with Crippen LogP contribution >= 0.6 is 0 Å². The summed E-state index contributed by atoms with van der Waals surface area (Å²) in [5.41, 5.74) is 10.0. The first-order chi connectivity index (χ1) is 21.7. The zero-order chi connectivity index (χ0) is 32.0. The molecule has 0 aliphatic heterocycles. The van der Waals surface area contributed by atoms with Crippen LogP contribution in [0, 0.1) is 13.8 Å². The second-order valence-corrected chi connectivity index (χ2v) is 12.8. The summed E-state index contributed by atoms with van der Waals surface area (Å²) < 4.78 is 37.5. The highest BCUT2D eigenvalue weighted by molar-refractivity contribution is 7.86. The zero-order valence-corrected chi connectivity index (χ0v) is 27.3. The van der Waals surface area contributed by atoms with E-state index >= 15 is 0 Å². The number of hydrogen-bond donors (Lipinski definition) is 1. The van der Waals surface area contributed by atoms with E-state index in [9.17, 15) is 13.0 Å². The molecule has 5 rings (SSSR count). The molecule has 0 amide bonds. The first-order valence-corrected chi connectivity index (χ1v) is 16.9. The van der Waals surface area contributed by atoms with Crippen LogP contribution in [0.5, 0.6) is 0 Å². The normalized spacial score (nSPS) is 12.8. The number of anilines is 1. The van der Waals surface area contributed by atoms with Gasteiger partial charge in [0.25, 0.3) is 10.1 Å². The van der Waals surface area contributed by atoms with Crippen LogP contribution in [-0.4, -0.2) is 36.3 Å². The summed E-state index contributed by atoms with van der Waals surface area (Å²) in [5, 5.41) is 0. The topological polar surface area (TPSA) is 60.6 Å². The van der Waals surface area contributed by atoms with Gasteiger partial charge in [0.2, 0.25) is 0 Å². The molecule has 0 saturated carbocycles. The molecule has 230 valence electrons. The van der Waals surface area contributed by atoms with E-state index in [1.807, 2.05) is 24.3 Å². The summed E-state index contributed by atoms with van der Waals surface area (Å²) >= 11 is 0. The molecule has 1 aliphatic rings. The van der Waals surface area contributed by atoms with Crippen molar-refractivity contribution in [2.24, 2.45) is 0 Å². The van der Waals surface area contributed by atoms with E-state index in [0.717, 1.165) is 54.3 Å². The Hall–Kier alpha value is -4.52. The molecule has 6 heteroatoms. The Morgan fingerprint density at radius 2 is 1.38 bits per heavy atom. The van der Waals surface area contributed by atoms with Crippen molar-refractivity contribution in [2.75, 3.05) is 18.0 Å². The van der Waals surface area contributed by atoms with Gasteiger partial charge in [-0.15, -0.1) is 0 Å². The molecule has 0 radical (unpaired) electrons. The smallest absolute Gasteiger partial charge is 0.295 e. The first kappa shape index (κ1) is 31.9. The summed E-state index contributed by atoms with van der Waals surface area (Å²) in [6.07, 6.45) is 8.24.